The van der Waals surface area contributed by atoms with Gasteiger partial charge in [0.1, 0.15) is 47.0 Å². The molecule has 0 spiro atoms. The van der Waals surface area contributed by atoms with E-state index in [0.717, 1.165) is 30.7 Å². The number of aromatic nitrogens is 2. The number of nitrogens with one attached hydrogen (secondary N) is 2. The summed E-state index contributed by atoms with van der Waals surface area (Å²) >= 11 is 8.03. The number of nitrogens with zero attached hydrogens (tertiary/aromatic N) is 5. The van der Waals surface area contributed by atoms with Crippen molar-refractivity contribution in [1.82, 2.24) is 25.5 Å². The standard InChI is InChI=1S/C38H38ClF3N8O3S/c39-27-25(21-4-5-23(41)33-24(21)22(14-43)34(44)54-33)28(42)30-26-32(27)52-11-7-20-12-19(45-36(51)31-29(46-31)17-2-3-17)6-10-50(20)35(26)48-37(47-30)53-16-38-8-1-9-49(38)15-18(40)13-38/h4-5,17-20,29,31,46H,1-3,6-13,15-16,44H2,(H,45,51)/t18-,19?,20?,29+,31-,38+/m1/s1. The van der Waals surface area contributed by atoms with E-state index in [9.17, 15) is 14.4 Å². The van der Waals surface area contributed by atoms with Gasteiger partial charge in [0.15, 0.2) is 11.6 Å². The fourth-order valence-corrected chi connectivity index (χ4v) is 10.9. The van der Waals surface area contributed by atoms with Gasteiger partial charge in [-0.1, -0.05) is 17.7 Å². The van der Waals surface area contributed by atoms with Gasteiger partial charge in [-0.3, -0.25) is 15.0 Å². The highest BCUT2D eigenvalue weighted by Crippen LogP contribution is 2.51. The molecule has 1 saturated carbocycles. The molecule has 2 unspecified atom stereocenters. The summed E-state index contributed by atoms with van der Waals surface area (Å²) in [6, 6.07) is 4.52. The molecule has 1 aliphatic carbocycles. The van der Waals surface area contributed by atoms with Crippen molar-refractivity contribution in [2.75, 3.05) is 43.5 Å². The van der Waals surface area contributed by atoms with Crippen molar-refractivity contribution in [2.24, 2.45) is 5.92 Å². The second-order valence-electron chi connectivity index (χ2n) is 15.7. The van der Waals surface area contributed by atoms with Gasteiger partial charge in [-0.15, -0.1) is 11.3 Å². The summed E-state index contributed by atoms with van der Waals surface area (Å²) in [5.41, 5.74) is 5.62. The average Bonchev–Trinajstić information content (AvgIpc) is 4.05. The second kappa shape index (κ2) is 12.7. The number of hydrogen-bond acceptors (Lipinski definition) is 11. The molecule has 6 atom stereocenters. The van der Waals surface area contributed by atoms with Gasteiger partial charge in [0.05, 0.1) is 32.8 Å². The van der Waals surface area contributed by atoms with E-state index in [0.29, 0.717) is 50.5 Å². The van der Waals surface area contributed by atoms with Crippen molar-refractivity contribution in [2.45, 2.75) is 87.2 Å². The number of carbonyl (C=O) groups excluding carboxylic acids is 1. The quantitative estimate of drug-likeness (QED) is 0.195. The van der Waals surface area contributed by atoms with Gasteiger partial charge in [0.2, 0.25) is 5.91 Å². The first-order valence-electron chi connectivity index (χ1n) is 18.8. The van der Waals surface area contributed by atoms with Crippen LogP contribution in [0.5, 0.6) is 11.8 Å². The maximum atomic E-state index is 17.4. The number of hydrogen-bond donors (Lipinski definition) is 3. The van der Waals surface area contributed by atoms with Gasteiger partial charge in [0, 0.05) is 55.0 Å². The van der Waals surface area contributed by atoms with Crippen molar-refractivity contribution in [1.29, 1.82) is 5.26 Å². The van der Waals surface area contributed by atoms with Crippen LogP contribution in [0.15, 0.2) is 12.1 Å². The van der Waals surface area contributed by atoms with Crippen LogP contribution in [0.1, 0.15) is 56.9 Å². The number of ether oxygens (including phenoxy) is 2. The van der Waals surface area contributed by atoms with E-state index in [-0.39, 0.29) is 103 Å². The lowest BCUT2D eigenvalue weighted by molar-refractivity contribution is -0.121. The van der Waals surface area contributed by atoms with Gasteiger partial charge in [0.25, 0.3) is 0 Å². The third-order valence-corrected chi connectivity index (χ3v) is 13.8. The van der Waals surface area contributed by atoms with Crippen LogP contribution in [0.3, 0.4) is 0 Å². The molecule has 16 heteroatoms. The molecule has 7 heterocycles. The monoisotopic (exact) mass is 778 g/mol. The third kappa shape index (κ3) is 5.46. The number of fused-ring (bicyclic) bond motifs is 4. The predicted octanol–water partition coefficient (Wildman–Crippen LogP) is 5.84. The molecule has 1 amide bonds. The van der Waals surface area contributed by atoms with Crippen LogP contribution in [0, 0.1) is 28.9 Å². The molecular formula is C38H38ClF3N8O3S. The number of piperidine rings is 1. The molecule has 0 radical (unpaired) electrons. The topological polar surface area (TPSA) is 152 Å². The lowest BCUT2D eigenvalue weighted by atomic mass is 9.92. The molecule has 6 aliphatic rings. The Morgan fingerprint density at radius 2 is 2.07 bits per heavy atom. The summed E-state index contributed by atoms with van der Waals surface area (Å²) in [6.07, 6.45) is 5.22. The highest BCUT2D eigenvalue weighted by Gasteiger charge is 2.52. The number of thiophene rings is 1. The Bertz CT molecular complexity index is 2280. The van der Waals surface area contributed by atoms with Crippen LogP contribution in [0.2, 0.25) is 5.02 Å². The highest BCUT2D eigenvalue weighted by atomic mass is 35.5. The lowest BCUT2D eigenvalue weighted by Gasteiger charge is -2.42. The first kappa shape index (κ1) is 34.4. The molecule has 5 aliphatic heterocycles. The van der Waals surface area contributed by atoms with Crippen LogP contribution in [-0.4, -0.2) is 89.5 Å². The highest BCUT2D eigenvalue weighted by molar-refractivity contribution is 7.23. The lowest BCUT2D eigenvalue weighted by Crippen LogP contribution is -2.52. The summed E-state index contributed by atoms with van der Waals surface area (Å²) in [5, 5.41) is 17.1. The Hall–Kier alpha value is -4.10. The van der Waals surface area contributed by atoms with Crippen LogP contribution in [0.4, 0.5) is 24.0 Å². The first-order valence-corrected chi connectivity index (χ1v) is 19.9. The molecule has 2 aromatic heterocycles. The molecule has 4 aromatic rings. The Morgan fingerprint density at radius 3 is 2.89 bits per heavy atom. The predicted molar refractivity (Wildman–Crippen MR) is 199 cm³/mol. The van der Waals surface area contributed by atoms with Crippen LogP contribution in [-0.2, 0) is 4.79 Å². The summed E-state index contributed by atoms with van der Waals surface area (Å²) in [6.45, 7) is 1.99. The number of alkyl halides is 1. The zero-order chi connectivity index (χ0) is 37.0. The van der Waals surface area contributed by atoms with Gasteiger partial charge in [-0.2, -0.15) is 15.2 Å². The largest absolute Gasteiger partial charge is 0.491 e. The zero-order valence-electron chi connectivity index (χ0n) is 29.3. The van der Waals surface area contributed by atoms with Gasteiger partial charge in [-0.25, -0.2) is 13.2 Å². The first-order chi connectivity index (χ1) is 26.1. The summed E-state index contributed by atoms with van der Waals surface area (Å²) < 4.78 is 60.0. The fourth-order valence-electron chi connectivity index (χ4n) is 9.61. The normalized spacial score (nSPS) is 28.9. The van der Waals surface area contributed by atoms with Crippen LogP contribution < -0.4 is 30.7 Å². The van der Waals surface area contributed by atoms with Crippen molar-refractivity contribution >= 4 is 60.7 Å². The van der Waals surface area contributed by atoms with Crippen molar-refractivity contribution in [3.8, 4) is 29.0 Å². The maximum absolute atomic E-state index is 17.4. The van der Waals surface area contributed by atoms with E-state index in [1.54, 1.807) is 0 Å². The van der Waals surface area contributed by atoms with Gasteiger partial charge in [-0.05, 0) is 62.6 Å². The number of nitriles is 1. The average molecular weight is 779 g/mol. The van der Waals surface area contributed by atoms with E-state index in [4.69, 9.17) is 31.8 Å². The van der Waals surface area contributed by atoms with Gasteiger partial charge >= 0.3 is 6.01 Å². The van der Waals surface area contributed by atoms with Crippen LogP contribution in [0.25, 0.3) is 32.1 Å². The molecule has 4 saturated heterocycles. The van der Waals surface area contributed by atoms with E-state index >= 15 is 8.78 Å². The van der Waals surface area contributed by atoms with Crippen molar-refractivity contribution in [3.05, 3.63) is 34.4 Å². The number of halogens is 4. The third-order valence-electron chi connectivity index (χ3n) is 12.4. The van der Waals surface area contributed by atoms with Crippen LogP contribution >= 0.6 is 22.9 Å². The Kier molecular flexibility index (Phi) is 8.10. The molecule has 0 bridgehead atoms. The number of nitrogen functional groups attached to an aromatic ring is 1. The zero-order valence-corrected chi connectivity index (χ0v) is 30.8. The summed E-state index contributed by atoms with van der Waals surface area (Å²) in [7, 11) is 0. The molecule has 5 fully saturated rings. The van der Waals surface area contributed by atoms with Crippen molar-refractivity contribution < 1.29 is 27.4 Å². The summed E-state index contributed by atoms with van der Waals surface area (Å²) in [5.74, 6) is -0.223. The minimum Gasteiger partial charge on any atom is -0.491 e. The number of anilines is 2. The molecular weight excluding hydrogens is 741 g/mol. The number of amides is 1. The van der Waals surface area contributed by atoms with E-state index in [1.165, 1.54) is 25.0 Å². The Labute approximate surface area is 317 Å². The molecule has 4 N–H and O–H groups in total. The fraction of sp³-hybridized carbons (Fsp3) is 0.526. The Balaban J connectivity index is 1.08. The molecule has 282 valence electrons. The number of rotatable bonds is 7. The SMILES string of the molecule is N#Cc1c(N)sc2c(F)ccc(-c3c(Cl)c4c5c(nc(OC[C@@]67CCCN6C[C@H](F)C7)nc5c3F)N3CCC(NC(=O)[C@@H]5N[C@H]5C5CC5)CC3CCO4)c12. The van der Waals surface area contributed by atoms with E-state index in [1.807, 2.05) is 6.07 Å². The number of benzene rings is 2. The molecule has 10 rings (SSSR count). The summed E-state index contributed by atoms with van der Waals surface area (Å²) in [4.78, 5) is 26.9. The molecule has 54 heavy (non-hydrogen) atoms. The van der Waals surface area contributed by atoms with E-state index in [2.05, 4.69) is 25.4 Å². The maximum Gasteiger partial charge on any atom is 0.319 e. The smallest absolute Gasteiger partial charge is 0.319 e. The van der Waals surface area contributed by atoms with E-state index < -0.39 is 23.3 Å². The Morgan fingerprint density at radius 1 is 1.22 bits per heavy atom. The second-order valence-corrected chi connectivity index (χ2v) is 17.2. The minimum atomic E-state index is -0.962. The minimum absolute atomic E-state index is 0.0254. The molecule has 2 aromatic carbocycles. The molecule has 11 nitrogen and oxygen atoms in total. The number of nitrogens with two attached hydrogens (primary N) is 1. The van der Waals surface area contributed by atoms with Crippen molar-refractivity contribution in [3.63, 3.8) is 0 Å². The number of carbonyl (C=O) groups is 1. The van der Waals surface area contributed by atoms with Gasteiger partial charge < -0.3 is 25.4 Å².